The van der Waals surface area contributed by atoms with E-state index in [9.17, 15) is 0 Å². The van der Waals surface area contributed by atoms with Crippen molar-refractivity contribution in [2.45, 2.75) is 37.8 Å². The van der Waals surface area contributed by atoms with E-state index in [1.54, 1.807) is 0 Å². The fourth-order valence-corrected chi connectivity index (χ4v) is 1.14. The molecule has 4 heteroatoms. The predicted octanol–water partition coefficient (Wildman–Crippen LogP) is 0.539. The van der Waals surface area contributed by atoms with Crippen molar-refractivity contribution in [1.82, 2.24) is 12.3 Å². The Balaban J connectivity index is 0. The van der Waals surface area contributed by atoms with Gasteiger partial charge in [0.15, 0.2) is 0 Å². The summed E-state index contributed by atoms with van der Waals surface area (Å²) in [5, 5.41) is 0. The molecule has 0 amide bonds. The van der Waals surface area contributed by atoms with Crippen molar-refractivity contribution in [2.75, 3.05) is 0 Å². The van der Waals surface area contributed by atoms with E-state index in [0.717, 1.165) is 25.7 Å². The zero-order chi connectivity index (χ0) is 5.98. The van der Waals surface area contributed by atoms with E-state index >= 15 is 0 Å². The van der Waals surface area contributed by atoms with Crippen molar-refractivity contribution in [2.24, 2.45) is 11.5 Å². The largest absolute Gasteiger partial charge is 0.344 e. The SMILES string of the molecule is N.N.NC1CCC(N)CC1. The van der Waals surface area contributed by atoms with Crippen molar-refractivity contribution in [3.05, 3.63) is 0 Å². The van der Waals surface area contributed by atoms with Gasteiger partial charge in [0.2, 0.25) is 0 Å². The molecule has 0 radical (unpaired) electrons. The molecule has 0 heterocycles. The van der Waals surface area contributed by atoms with Crippen molar-refractivity contribution in [3.8, 4) is 0 Å². The minimum Gasteiger partial charge on any atom is -0.344 e. The maximum absolute atomic E-state index is 5.64. The molecule has 1 aliphatic rings. The first-order valence-electron chi connectivity index (χ1n) is 3.30. The van der Waals surface area contributed by atoms with Crippen molar-refractivity contribution in [3.63, 3.8) is 0 Å². The minimum absolute atomic E-state index is 0. The van der Waals surface area contributed by atoms with E-state index in [2.05, 4.69) is 0 Å². The van der Waals surface area contributed by atoms with Crippen LogP contribution in [0.3, 0.4) is 0 Å². The first-order chi connectivity index (χ1) is 3.79. The Labute approximate surface area is 62.5 Å². The highest BCUT2D eigenvalue weighted by atomic mass is 14.7. The third-order valence-corrected chi connectivity index (χ3v) is 1.82. The number of nitrogens with two attached hydrogens (primary N) is 2. The third-order valence-electron chi connectivity index (χ3n) is 1.82. The van der Waals surface area contributed by atoms with Crippen LogP contribution < -0.4 is 23.8 Å². The number of rotatable bonds is 0. The monoisotopic (exact) mass is 148 g/mol. The molecule has 1 rings (SSSR count). The van der Waals surface area contributed by atoms with Crippen molar-refractivity contribution < 1.29 is 0 Å². The van der Waals surface area contributed by atoms with Gasteiger partial charge in [-0.05, 0) is 25.7 Å². The Bertz CT molecular complexity index is 58.1. The summed E-state index contributed by atoms with van der Waals surface area (Å²) in [6, 6.07) is 0.879. The molecule has 10 N–H and O–H groups in total. The molecular formula is C6H20N4. The van der Waals surface area contributed by atoms with Crippen LogP contribution in [0.15, 0.2) is 0 Å². The zero-order valence-corrected chi connectivity index (χ0v) is 6.55. The Hall–Kier alpha value is -0.160. The first kappa shape index (κ1) is 12.5. The Morgan fingerprint density at radius 3 is 1.10 bits per heavy atom. The Kier molecular flexibility index (Phi) is 7.02. The summed E-state index contributed by atoms with van der Waals surface area (Å²) in [5.74, 6) is 0. The van der Waals surface area contributed by atoms with Crippen molar-refractivity contribution >= 4 is 0 Å². The molecule has 0 aromatic heterocycles. The van der Waals surface area contributed by atoms with E-state index in [1.165, 1.54) is 0 Å². The van der Waals surface area contributed by atoms with Gasteiger partial charge in [-0.2, -0.15) is 0 Å². The first-order valence-corrected chi connectivity index (χ1v) is 3.30. The maximum atomic E-state index is 5.64. The molecule has 0 saturated heterocycles. The molecule has 10 heavy (non-hydrogen) atoms. The van der Waals surface area contributed by atoms with Gasteiger partial charge in [-0.3, -0.25) is 0 Å². The second-order valence-corrected chi connectivity index (χ2v) is 2.67. The topological polar surface area (TPSA) is 122 Å². The van der Waals surface area contributed by atoms with Crippen LogP contribution in [-0.4, -0.2) is 12.1 Å². The summed E-state index contributed by atoms with van der Waals surface area (Å²) in [6.45, 7) is 0. The average Bonchev–Trinajstić information content (AvgIpc) is 1.77. The van der Waals surface area contributed by atoms with Crippen LogP contribution in [0.2, 0.25) is 0 Å². The zero-order valence-electron chi connectivity index (χ0n) is 6.55. The Morgan fingerprint density at radius 2 is 0.900 bits per heavy atom. The predicted molar refractivity (Wildman–Crippen MR) is 44.5 cm³/mol. The van der Waals surface area contributed by atoms with E-state index in [0.29, 0.717) is 12.1 Å². The van der Waals surface area contributed by atoms with Gasteiger partial charge in [0.25, 0.3) is 0 Å². The van der Waals surface area contributed by atoms with Crippen LogP contribution in [0.4, 0.5) is 0 Å². The minimum atomic E-state index is 0. The average molecular weight is 148 g/mol. The normalized spacial score (nSPS) is 31.8. The van der Waals surface area contributed by atoms with Crippen LogP contribution in [0.5, 0.6) is 0 Å². The van der Waals surface area contributed by atoms with Crippen LogP contribution in [0.1, 0.15) is 25.7 Å². The molecule has 64 valence electrons. The van der Waals surface area contributed by atoms with E-state index < -0.39 is 0 Å². The molecule has 0 aliphatic heterocycles. The van der Waals surface area contributed by atoms with Crippen LogP contribution >= 0.6 is 0 Å². The third kappa shape index (κ3) is 3.79. The molecule has 0 aromatic carbocycles. The summed E-state index contributed by atoms with van der Waals surface area (Å²) < 4.78 is 0. The summed E-state index contributed by atoms with van der Waals surface area (Å²) in [7, 11) is 0. The second-order valence-electron chi connectivity index (χ2n) is 2.67. The summed E-state index contributed by atoms with van der Waals surface area (Å²) in [6.07, 6.45) is 4.50. The lowest BCUT2D eigenvalue weighted by atomic mass is 9.93. The van der Waals surface area contributed by atoms with Gasteiger partial charge in [-0.25, -0.2) is 0 Å². The van der Waals surface area contributed by atoms with E-state index in [-0.39, 0.29) is 12.3 Å². The fraction of sp³-hybridized carbons (Fsp3) is 1.00. The number of hydrogen-bond donors (Lipinski definition) is 4. The van der Waals surface area contributed by atoms with E-state index in [4.69, 9.17) is 11.5 Å². The van der Waals surface area contributed by atoms with Gasteiger partial charge in [-0.15, -0.1) is 0 Å². The quantitative estimate of drug-likeness (QED) is 0.400. The summed E-state index contributed by atoms with van der Waals surface area (Å²) in [5.41, 5.74) is 11.3. The molecule has 1 fully saturated rings. The maximum Gasteiger partial charge on any atom is 0.00399 e. The molecule has 0 atom stereocenters. The van der Waals surface area contributed by atoms with Gasteiger partial charge in [-0.1, -0.05) is 0 Å². The molecule has 4 nitrogen and oxygen atoms in total. The lowest BCUT2D eigenvalue weighted by Gasteiger charge is -2.22. The van der Waals surface area contributed by atoms with Crippen LogP contribution in [0, 0.1) is 0 Å². The molecule has 0 aromatic rings. The lowest BCUT2D eigenvalue weighted by Crippen LogP contribution is -2.33. The van der Waals surface area contributed by atoms with Gasteiger partial charge in [0, 0.05) is 12.1 Å². The smallest absolute Gasteiger partial charge is 0.00399 e. The second kappa shape index (κ2) is 5.61. The fourth-order valence-electron chi connectivity index (χ4n) is 1.14. The highest BCUT2D eigenvalue weighted by Crippen LogP contribution is 2.14. The molecule has 0 bridgehead atoms. The standard InChI is InChI=1S/C6H14N2.2H3N/c7-5-1-2-6(8)4-3-5;;/h5-6H,1-4,7-8H2;2*1H3. The summed E-state index contributed by atoms with van der Waals surface area (Å²) >= 11 is 0. The lowest BCUT2D eigenvalue weighted by molar-refractivity contribution is 0.395. The van der Waals surface area contributed by atoms with Crippen LogP contribution in [-0.2, 0) is 0 Å². The molecule has 1 aliphatic carbocycles. The number of hydrogen-bond acceptors (Lipinski definition) is 4. The Morgan fingerprint density at radius 1 is 0.700 bits per heavy atom. The highest BCUT2D eigenvalue weighted by Gasteiger charge is 2.13. The summed E-state index contributed by atoms with van der Waals surface area (Å²) in [4.78, 5) is 0. The molecule has 1 saturated carbocycles. The molecular weight excluding hydrogens is 128 g/mol. The van der Waals surface area contributed by atoms with Gasteiger partial charge >= 0.3 is 0 Å². The van der Waals surface area contributed by atoms with Gasteiger partial charge < -0.3 is 23.8 Å². The van der Waals surface area contributed by atoms with E-state index in [1.807, 2.05) is 0 Å². The molecule has 0 spiro atoms. The van der Waals surface area contributed by atoms with Crippen LogP contribution in [0.25, 0.3) is 0 Å². The van der Waals surface area contributed by atoms with Gasteiger partial charge in [0.05, 0.1) is 0 Å². The van der Waals surface area contributed by atoms with Gasteiger partial charge in [0.1, 0.15) is 0 Å². The van der Waals surface area contributed by atoms with Crippen molar-refractivity contribution in [1.29, 1.82) is 0 Å². The molecule has 0 unspecified atom stereocenters. The highest BCUT2D eigenvalue weighted by molar-refractivity contribution is 4.75.